The smallest absolute Gasteiger partial charge is 0.329 e. The summed E-state index contributed by atoms with van der Waals surface area (Å²) in [6.45, 7) is 6.66. The van der Waals surface area contributed by atoms with Gasteiger partial charge in [0.25, 0.3) is 0 Å². The zero-order valence-corrected chi connectivity index (χ0v) is 21.2. The molecule has 1 saturated heterocycles. The lowest BCUT2D eigenvalue weighted by Crippen LogP contribution is -2.49. The molecular formula is C26H36N6O4. The van der Waals surface area contributed by atoms with Gasteiger partial charge in [-0.25, -0.2) is 14.8 Å². The van der Waals surface area contributed by atoms with Gasteiger partial charge in [-0.05, 0) is 44.7 Å². The van der Waals surface area contributed by atoms with Crippen molar-refractivity contribution in [3.05, 3.63) is 31.2 Å². The molecule has 4 rings (SSSR count). The minimum Gasteiger partial charge on any atom is -0.464 e. The highest BCUT2D eigenvalue weighted by atomic mass is 16.5. The van der Waals surface area contributed by atoms with E-state index in [0.717, 1.165) is 43.9 Å². The van der Waals surface area contributed by atoms with Crippen LogP contribution in [-0.2, 0) is 14.3 Å². The summed E-state index contributed by atoms with van der Waals surface area (Å²) in [5, 5.41) is 4.16. The minimum atomic E-state index is -0.266. The summed E-state index contributed by atoms with van der Waals surface area (Å²) in [6.07, 6.45) is 11.3. The molecule has 2 amide bonds. The lowest BCUT2D eigenvalue weighted by Gasteiger charge is -2.38. The number of anilines is 1. The Morgan fingerprint density at radius 1 is 1.19 bits per heavy atom. The van der Waals surface area contributed by atoms with E-state index in [1.807, 2.05) is 17.9 Å². The number of aromatic nitrogens is 3. The maximum atomic E-state index is 13.1. The Morgan fingerprint density at radius 2 is 1.97 bits per heavy atom. The van der Waals surface area contributed by atoms with Gasteiger partial charge in [-0.2, -0.15) is 0 Å². The molecule has 2 aliphatic rings. The SMILES string of the molecule is C=CC(=O)N1C[C@@H](Nc2ncnc3c2ccn3C(=O)N(C)CCOC(=O)C2CCCCC2)CC[C@H]1C. The second-order valence-corrected chi connectivity index (χ2v) is 9.81. The van der Waals surface area contributed by atoms with Crippen LogP contribution in [0.15, 0.2) is 31.2 Å². The number of likely N-dealkylation sites (N-methyl/N-ethyl adjacent to an activating group) is 1. The first-order valence-corrected chi connectivity index (χ1v) is 12.8. The zero-order valence-electron chi connectivity index (χ0n) is 21.2. The third kappa shape index (κ3) is 5.68. The van der Waals surface area contributed by atoms with E-state index in [4.69, 9.17) is 4.74 Å². The molecule has 1 N–H and O–H groups in total. The van der Waals surface area contributed by atoms with Crippen LogP contribution in [0.25, 0.3) is 11.0 Å². The molecular weight excluding hydrogens is 460 g/mol. The molecule has 10 heteroatoms. The highest BCUT2D eigenvalue weighted by molar-refractivity contribution is 5.94. The number of fused-ring (bicyclic) bond motifs is 1. The fourth-order valence-electron chi connectivity index (χ4n) is 5.08. The molecule has 1 aliphatic carbocycles. The summed E-state index contributed by atoms with van der Waals surface area (Å²) in [5.41, 5.74) is 0.492. The van der Waals surface area contributed by atoms with Crippen LogP contribution < -0.4 is 5.32 Å². The van der Waals surface area contributed by atoms with Crippen LogP contribution in [0, 0.1) is 5.92 Å². The molecule has 1 saturated carbocycles. The third-order valence-electron chi connectivity index (χ3n) is 7.30. The zero-order chi connectivity index (χ0) is 25.7. The van der Waals surface area contributed by atoms with Gasteiger partial charge in [0, 0.05) is 31.9 Å². The number of carbonyl (C=O) groups excluding carboxylic acids is 3. The van der Waals surface area contributed by atoms with Gasteiger partial charge < -0.3 is 19.9 Å². The predicted octanol–water partition coefficient (Wildman–Crippen LogP) is 3.43. The maximum Gasteiger partial charge on any atom is 0.329 e. The van der Waals surface area contributed by atoms with Gasteiger partial charge in [0.15, 0.2) is 5.65 Å². The van der Waals surface area contributed by atoms with E-state index in [9.17, 15) is 14.4 Å². The molecule has 0 spiro atoms. The highest BCUT2D eigenvalue weighted by Gasteiger charge is 2.28. The number of carbonyl (C=O) groups is 3. The van der Waals surface area contributed by atoms with E-state index >= 15 is 0 Å². The van der Waals surface area contributed by atoms with Gasteiger partial charge in [0.2, 0.25) is 5.91 Å². The highest BCUT2D eigenvalue weighted by Crippen LogP contribution is 2.26. The predicted molar refractivity (Wildman–Crippen MR) is 137 cm³/mol. The molecule has 2 atom stereocenters. The Bertz CT molecular complexity index is 1110. The van der Waals surface area contributed by atoms with Crippen molar-refractivity contribution in [2.75, 3.05) is 32.1 Å². The molecule has 0 radical (unpaired) electrons. The molecule has 194 valence electrons. The van der Waals surface area contributed by atoms with Gasteiger partial charge >= 0.3 is 12.0 Å². The van der Waals surface area contributed by atoms with Crippen LogP contribution in [0.2, 0.25) is 0 Å². The normalized spacial score (nSPS) is 20.7. The first-order valence-electron chi connectivity index (χ1n) is 12.8. The summed E-state index contributed by atoms with van der Waals surface area (Å²) < 4.78 is 6.91. The van der Waals surface area contributed by atoms with Crippen molar-refractivity contribution in [2.24, 2.45) is 5.92 Å². The molecule has 2 aromatic heterocycles. The third-order valence-corrected chi connectivity index (χ3v) is 7.30. The molecule has 0 aromatic carbocycles. The van der Waals surface area contributed by atoms with Crippen molar-refractivity contribution in [2.45, 2.75) is 64.0 Å². The lowest BCUT2D eigenvalue weighted by molar-refractivity contribution is -0.149. The Hall–Kier alpha value is -3.43. The van der Waals surface area contributed by atoms with Crippen LogP contribution in [0.1, 0.15) is 51.9 Å². The fourth-order valence-corrected chi connectivity index (χ4v) is 5.08. The average molecular weight is 497 g/mol. The van der Waals surface area contributed by atoms with Crippen LogP contribution in [-0.4, -0.2) is 81.1 Å². The Balaban J connectivity index is 1.38. The van der Waals surface area contributed by atoms with E-state index in [1.54, 1.807) is 13.2 Å². The van der Waals surface area contributed by atoms with Crippen LogP contribution in [0.4, 0.5) is 10.6 Å². The van der Waals surface area contributed by atoms with Crippen LogP contribution >= 0.6 is 0 Å². The standard InChI is InChI=1S/C26H36N6O4/c1-4-22(33)32-16-20(11-10-18(32)2)29-23-21-12-13-31(24(21)28-17-27-23)26(35)30(3)14-15-36-25(34)19-8-6-5-7-9-19/h4,12-13,17-20H,1,5-11,14-16H2,2-3H3,(H,27,28,29)/t18-,20+/m1/s1. The Morgan fingerprint density at radius 3 is 2.72 bits per heavy atom. The van der Waals surface area contributed by atoms with Crippen molar-refractivity contribution < 1.29 is 19.1 Å². The van der Waals surface area contributed by atoms with Crippen molar-refractivity contribution in [1.82, 2.24) is 24.3 Å². The van der Waals surface area contributed by atoms with E-state index in [-0.39, 0.29) is 42.5 Å². The van der Waals surface area contributed by atoms with Gasteiger partial charge in [-0.3, -0.25) is 14.2 Å². The van der Waals surface area contributed by atoms with E-state index in [1.165, 1.54) is 28.3 Å². The molecule has 2 aromatic rings. The summed E-state index contributed by atoms with van der Waals surface area (Å²) >= 11 is 0. The fraction of sp³-hybridized carbons (Fsp3) is 0.577. The van der Waals surface area contributed by atoms with Gasteiger partial charge in [-0.15, -0.1) is 0 Å². The number of nitrogens with one attached hydrogen (secondary N) is 1. The number of hydrogen-bond donors (Lipinski definition) is 1. The first kappa shape index (κ1) is 25.7. The first-order chi connectivity index (χ1) is 17.4. The van der Waals surface area contributed by atoms with E-state index in [0.29, 0.717) is 24.6 Å². The van der Waals surface area contributed by atoms with Crippen molar-refractivity contribution in [3.63, 3.8) is 0 Å². The summed E-state index contributed by atoms with van der Waals surface area (Å²) in [7, 11) is 1.68. The number of hydrogen-bond acceptors (Lipinski definition) is 7. The van der Waals surface area contributed by atoms with Gasteiger partial charge in [0.1, 0.15) is 18.8 Å². The van der Waals surface area contributed by atoms with Gasteiger partial charge in [0.05, 0.1) is 17.8 Å². The number of nitrogens with zero attached hydrogens (tertiary/aromatic N) is 5. The summed E-state index contributed by atoms with van der Waals surface area (Å²) in [4.78, 5) is 49.6. The lowest BCUT2D eigenvalue weighted by atomic mass is 9.89. The topological polar surface area (TPSA) is 110 Å². The second kappa shape index (κ2) is 11.5. The van der Waals surface area contributed by atoms with Crippen molar-refractivity contribution >= 4 is 34.8 Å². The summed E-state index contributed by atoms with van der Waals surface area (Å²) in [6, 6.07) is 1.74. The van der Waals surface area contributed by atoms with Crippen molar-refractivity contribution in [1.29, 1.82) is 0 Å². The monoisotopic (exact) mass is 496 g/mol. The van der Waals surface area contributed by atoms with E-state index in [2.05, 4.69) is 21.9 Å². The van der Waals surface area contributed by atoms with Gasteiger partial charge in [-0.1, -0.05) is 25.8 Å². The molecule has 2 fully saturated rings. The molecule has 0 bridgehead atoms. The van der Waals surface area contributed by atoms with Crippen LogP contribution in [0.5, 0.6) is 0 Å². The minimum absolute atomic E-state index is 0.00915. The largest absolute Gasteiger partial charge is 0.464 e. The number of piperidine rings is 1. The number of amides is 2. The summed E-state index contributed by atoms with van der Waals surface area (Å²) in [5.74, 6) is 0.383. The molecule has 1 aliphatic heterocycles. The average Bonchev–Trinajstić information content (AvgIpc) is 3.34. The maximum absolute atomic E-state index is 13.1. The molecule has 3 heterocycles. The number of rotatable bonds is 7. The second-order valence-electron chi connectivity index (χ2n) is 9.81. The number of ether oxygens (including phenoxy) is 1. The Kier molecular flexibility index (Phi) is 8.22. The van der Waals surface area contributed by atoms with E-state index < -0.39 is 0 Å². The Labute approximate surface area is 211 Å². The van der Waals surface area contributed by atoms with Crippen molar-refractivity contribution in [3.8, 4) is 0 Å². The number of esters is 1. The van der Waals surface area contributed by atoms with Crippen LogP contribution in [0.3, 0.4) is 0 Å². The quantitative estimate of drug-likeness (QED) is 0.462. The molecule has 36 heavy (non-hydrogen) atoms. The number of likely N-dealkylation sites (tertiary alicyclic amines) is 1. The molecule has 0 unspecified atom stereocenters. The molecule has 10 nitrogen and oxygen atoms in total.